The molecular formula is C26H23N3O4. The predicted molar refractivity (Wildman–Crippen MR) is 124 cm³/mol. The summed E-state index contributed by atoms with van der Waals surface area (Å²) >= 11 is 0. The molecule has 6 rings (SSSR count). The van der Waals surface area contributed by atoms with E-state index in [1.807, 2.05) is 28.8 Å². The summed E-state index contributed by atoms with van der Waals surface area (Å²) in [5, 5.41) is 13.9. The van der Waals surface area contributed by atoms with Crippen LogP contribution in [-0.2, 0) is 11.3 Å². The number of ether oxygens (including phenoxy) is 1. The number of fused-ring (bicyclic) bond motifs is 6. The number of carbonyl (C=O) groups excluding carboxylic acids is 2. The molecule has 0 atom stereocenters. The lowest BCUT2D eigenvalue weighted by molar-refractivity contribution is -0.577. The number of benzene rings is 2. The summed E-state index contributed by atoms with van der Waals surface area (Å²) in [6, 6.07) is 14.6. The van der Waals surface area contributed by atoms with E-state index in [0.29, 0.717) is 39.0 Å². The Morgan fingerprint density at radius 3 is 2.42 bits per heavy atom. The van der Waals surface area contributed by atoms with Crippen LogP contribution in [0, 0.1) is 5.21 Å². The van der Waals surface area contributed by atoms with Gasteiger partial charge in [-0.25, -0.2) is 0 Å². The zero-order valence-electron chi connectivity index (χ0n) is 18.1. The second-order valence-electron chi connectivity index (χ2n) is 8.62. The largest absolute Gasteiger partial charge is 0.618 e. The number of nitrogens with zero attached hydrogens (tertiary/aromatic N) is 3. The molecule has 0 unspecified atom stereocenters. The summed E-state index contributed by atoms with van der Waals surface area (Å²) in [6.45, 7) is 4.86. The fourth-order valence-corrected chi connectivity index (χ4v) is 5.22. The van der Waals surface area contributed by atoms with E-state index in [-0.39, 0.29) is 17.1 Å². The van der Waals surface area contributed by atoms with Crippen molar-refractivity contribution in [1.29, 1.82) is 0 Å². The van der Waals surface area contributed by atoms with Crippen molar-refractivity contribution in [2.45, 2.75) is 13.0 Å². The number of rotatable bonds is 4. The lowest BCUT2D eigenvalue weighted by atomic mass is 9.85. The molecule has 0 N–H and O–H groups in total. The van der Waals surface area contributed by atoms with E-state index >= 15 is 0 Å². The molecule has 166 valence electrons. The van der Waals surface area contributed by atoms with Crippen molar-refractivity contribution in [3.8, 4) is 0 Å². The lowest BCUT2D eigenvalue weighted by Gasteiger charge is -2.26. The number of ketones is 2. The summed E-state index contributed by atoms with van der Waals surface area (Å²) in [7, 11) is 0. The minimum absolute atomic E-state index is 0.178. The molecule has 0 bridgehead atoms. The first kappa shape index (κ1) is 20.1. The van der Waals surface area contributed by atoms with E-state index < -0.39 is 0 Å². The first-order chi connectivity index (χ1) is 16.1. The van der Waals surface area contributed by atoms with Crippen molar-refractivity contribution in [2.24, 2.45) is 0 Å². The normalized spacial score (nSPS) is 16.4. The molecule has 2 aliphatic rings. The van der Waals surface area contributed by atoms with Crippen LogP contribution in [0.2, 0.25) is 0 Å². The number of pyridine rings is 1. The molecule has 2 aromatic carbocycles. The molecule has 1 saturated heterocycles. The minimum atomic E-state index is -0.266. The molecule has 0 spiro atoms. The average Bonchev–Trinajstić information content (AvgIpc) is 3.18. The molecule has 0 amide bonds. The summed E-state index contributed by atoms with van der Waals surface area (Å²) in [5.41, 5.74) is 2.60. The van der Waals surface area contributed by atoms with Gasteiger partial charge in [0, 0.05) is 43.1 Å². The average molecular weight is 441 g/mol. The van der Waals surface area contributed by atoms with E-state index in [9.17, 15) is 14.8 Å². The highest BCUT2D eigenvalue weighted by Gasteiger charge is 2.38. The zero-order valence-corrected chi connectivity index (χ0v) is 18.1. The van der Waals surface area contributed by atoms with Gasteiger partial charge in [0.25, 0.3) is 0 Å². The van der Waals surface area contributed by atoms with Crippen LogP contribution in [0.1, 0.15) is 38.4 Å². The van der Waals surface area contributed by atoms with Crippen molar-refractivity contribution in [3.63, 3.8) is 0 Å². The molecule has 1 aliphatic heterocycles. The Balaban J connectivity index is 1.49. The molecule has 4 aromatic rings. The first-order valence-corrected chi connectivity index (χ1v) is 11.3. The number of para-hydroxylation sites is 2. The van der Waals surface area contributed by atoms with Crippen LogP contribution in [0.3, 0.4) is 0 Å². The van der Waals surface area contributed by atoms with E-state index in [2.05, 4.69) is 4.90 Å². The molecule has 3 heterocycles. The van der Waals surface area contributed by atoms with Gasteiger partial charge >= 0.3 is 0 Å². The number of carbonyl (C=O) groups is 2. The third-order valence-corrected chi connectivity index (χ3v) is 6.77. The van der Waals surface area contributed by atoms with Crippen LogP contribution >= 0.6 is 0 Å². The van der Waals surface area contributed by atoms with E-state index in [1.165, 1.54) is 6.20 Å². The summed E-state index contributed by atoms with van der Waals surface area (Å²) in [6.07, 6.45) is 2.11. The first-order valence-electron chi connectivity index (χ1n) is 11.3. The van der Waals surface area contributed by atoms with E-state index in [1.54, 1.807) is 24.3 Å². The van der Waals surface area contributed by atoms with Crippen LogP contribution in [0.15, 0.2) is 54.7 Å². The highest BCUT2D eigenvalue weighted by molar-refractivity contribution is 6.34. The van der Waals surface area contributed by atoms with Crippen molar-refractivity contribution in [2.75, 3.05) is 32.8 Å². The van der Waals surface area contributed by atoms with Crippen molar-refractivity contribution in [1.82, 2.24) is 9.47 Å². The van der Waals surface area contributed by atoms with Crippen molar-refractivity contribution < 1.29 is 19.1 Å². The number of hydrogen-bond acceptors (Lipinski definition) is 5. The zero-order chi connectivity index (χ0) is 22.5. The number of hydrogen-bond donors (Lipinski definition) is 0. The SMILES string of the molecule is O=C1c2c[n+]([O-])c3ccccc3c2C(=O)c2c1c1ccccc1n2CCCN1CCOCC1. The van der Waals surface area contributed by atoms with Gasteiger partial charge in [0.1, 0.15) is 5.69 Å². The van der Waals surface area contributed by atoms with Crippen molar-refractivity contribution in [3.05, 3.63) is 82.3 Å². The Morgan fingerprint density at radius 1 is 0.879 bits per heavy atom. The number of aryl methyl sites for hydroxylation is 1. The van der Waals surface area contributed by atoms with Gasteiger partial charge in [0.2, 0.25) is 17.1 Å². The highest BCUT2D eigenvalue weighted by atomic mass is 16.5. The maximum absolute atomic E-state index is 13.9. The Morgan fingerprint density at radius 2 is 1.61 bits per heavy atom. The van der Waals surface area contributed by atoms with Crippen LogP contribution < -0.4 is 4.73 Å². The molecule has 0 radical (unpaired) electrons. The number of morpholine rings is 1. The van der Waals surface area contributed by atoms with E-state index in [0.717, 1.165) is 50.2 Å². The highest BCUT2D eigenvalue weighted by Crippen LogP contribution is 2.37. The van der Waals surface area contributed by atoms with Gasteiger partial charge < -0.3 is 14.5 Å². The molecular weight excluding hydrogens is 418 g/mol. The Kier molecular flexibility index (Phi) is 4.74. The van der Waals surface area contributed by atoms with Gasteiger partial charge in [0.15, 0.2) is 6.20 Å². The molecule has 1 aliphatic carbocycles. The molecule has 2 aromatic heterocycles. The van der Waals surface area contributed by atoms with Crippen LogP contribution in [0.25, 0.3) is 21.8 Å². The summed E-state index contributed by atoms with van der Waals surface area (Å²) in [5.74, 6) is -0.461. The topological polar surface area (TPSA) is 78.5 Å². The monoisotopic (exact) mass is 441 g/mol. The standard InChI is InChI=1S/C26H23N3O4/c30-25-19-16-29(32)21-9-4-2-7-18(21)22(19)26(31)24-23(25)17-6-1-3-8-20(17)28(24)11-5-10-27-12-14-33-15-13-27/h1-4,6-9,16H,5,10-15H2. The maximum atomic E-state index is 13.9. The Labute approximate surface area is 190 Å². The third-order valence-electron chi connectivity index (χ3n) is 6.77. The van der Waals surface area contributed by atoms with Gasteiger partial charge in [-0.1, -0.05) is 30.3 Å². The summed E-state index contributed by atoms with van der Waals surface area (Å²) in [4.78, 5) is 29.9. The molecule has 0 saturated carbocycles. The quantitative estimate of drug-likeness (QED) is 0.317. The van der Waals surface area contributed by atoms with Gasteiger partial charge in [-0.05, 0) is 18.6 Å². The maximum Gasteiger partial charge on any atom is 0.224 e. The van der Waals surface area contributed by atoms with Gasteiger partial charge in [-0.3, -0.25) is 14.5 Å². The van der Waals surface area contributed by atoms with Crippen molar-refractivity contribution >= 4 is 33.4 Å². The van der Waals surface area contributed by atoms with Crippen LogP contribution in [-0.4, -0.2) is 53.9 Å². The van der Waals surface area contributed by atoms with Gasteiger partial charge in [0.05, 0.1) is 35.3 Å². The van der Waals surface area contributed by atoms with Gasteiger partial charge in [-0.15, -0.1) is 0 Å². The Hall–Kier alpha value is -3.55. The molecule has 33 heavy (non-hydrogen) atoms. The second kappa shape index (κ2) is 7.79. The third kappa shape index (κ3) is 3.08. The van der Waals surface area contributed by atoms with Crippen LogP contribution in [0.4, 0.5) is 0 Å². The fourth-order valence-electron chi connectivity index (χ4n) is 5.22. The number of aromatic nitrogens is 2. The molecule has 7 nitrogen and oxygen atoms in total. The Bertz CT molecular complexity index is 1430. The lowest BCUT2D eigenvalue weighted by Crippen LogP contribution is -2.37. The fraction of sp³-hybridized carbons (Fsp3) is 0.269. The minimum Gasteiger partial charge on any atom is -0.618 e. The van der Waals surface area contributed by atoms with E-state index in [4.69, 9.17) is 4.74 Å². The van der Waals surface area contributed by atoms with Crippen LogP contribution in [0.5, 0.6) is 0 Å². The molecule has 7 heteroatoms. The second-order valence-corrected chi connectivity index (χ2v) is 8.62. The molecule has 1 fully saturated rings. The van der Waals surface area contributed by atoms with Gasteiger partial charge in [-0.2, -0.15) is 4.73 Å². The smallest absolute Gasteiger partial charge is 0.224 e. The predicted octanol–water partition coefficient (Wildman–Crippen LogP) is 2.93. The summed E-state index contributed by atoms with van der Waals surface area (Å²) < 4.78 is 8.12.